The first-order valence-corrected chi connectivity index (χ1v) is 13.0. The lowest BCUT2D eigenvalue weighted by molar-refractivity contribution is -0.485. The number of rotatable bonds is 15. The molecule has 0 bridgehead atoms. The van der Waals surface area contributed by atoms with Crippen LogP contribution in [0.25, 0.3) is 0 Å². The summed E-state index contributed by atoms with van der Waals surface area (Å²) in [6, 6.07) is 7.22. The van der Waals surface area contributed by atoms with Crippen LogP contribution in [-0.2, 0) is 25.5 Å². The Morgan fingerprint density at radius 3 is 2.32 bits per heavy atom. The number of hydrazone groups is 1. The molecule has 0 aliphatic heterocycles. The van der Waals surface area contributed by atoms with Crippen molar-refractivity contribution in [2.24, 2.45) is 10.8 Å². The molecule has 3 atom stereocenters. The van der Waals surface area contributed by atoms with Gasteiger partial charge < -0.3 is 42.2 Å². The van der Waals surface area contributed by atoms with Gasteiger partial charge in [0.1, 0.15) is 23.3 Å². The van der Waals surface area contributed by atoms with E-state index in [0.717, 1.165) is 5.56 Å². The largest absolute Gasteiger partial charge is 0.444 e. The average Bonchev–Trinajstić information content (AvgIpc) is 2.87. The van der Waals surface area contributed by atoms with Crippen molar-refractivity contribution in [3.63, 3.8) is 0 Å². The van der Waals surface area contributed by atoms with Crippen LogP contribution < -0.4 is 32.3 Å². The number of aliphatic hydroxyl groups excluding tert-OH is 1. The summed E-state index contributed by atoms with van der Waals surface area (Å²) in [5, 5.41) is 35.4. The van der Waals surface area contributed by atoms with Gasteiger partial charge in [-0.15, -0.1) is 0 Å². The molecule has 4 amide bonds. The summed E-state index contributed by atoms with van der Waals surface area (Å²) in [7, 11) is 0. The van der Waals surface area contributed by atoms with Crippen LogP contribution in [0.5, 0.6) is 0 Å². The highest BCUT2D eigenvalue weighted by Gasteiger charge is 2.29. The molecular formula is C25H40N8O8. The fraction of sp³-hybridized carbons (Fsp3) is 0.560. The Labute approximate surface area is 238 Å². The summed E-state index contributed by atoms with van der Waals surface area (Å²) < 4.78 is 5.05. The fourth-order valence-electron chi connectivity index (χ4n) is 3.37. The molecule has 0 radical (unpaired) electrons. The third kappa shape index (κ3) is 15.6. The molecule has 228 valence electrons. The minimum Gasteiger partial charge on any atom is -0.444 e. The molecule has 0 aliphatic carbocycles. The van der Waals surface area contributed by atoms with E-state index in [1.54, 1.807) is 20.8 Å². The maximum Gasteiger partial charge on any atom is 0.408 e. The maximum atomic E-state index is 12.8. The number of carbonyl (C=O) groups is 4. The van der Waals surface area contributed by atoms with Gasteiger partial charge in [-0.05, 0) is 52.5 Å². The summed E-state index contributed by atoms with van der Waals surface area (Å²) in [5.74, 6) is -2.50. The van der Waals surface area contributed by atoms with Gasteiger partial charge in [-0.1, -0.05) is 30.3 Å². The van der Waals surface area contributed by atoms with Crippen LogP contribution in [0.1, 0.15) is 46.1 Å². The van der Waals surface area contributed by atoms with Gasteiger partial charge in [0.15, 0.2) is 11.1 Å². The van der Waals surface area contributed by atoms with E-state index in [1.807, 2.05) is 30.3 Å². The summed E-state index contributed by atoms with van der Waals surface area (Å²) in [5.41, 5.74) is 5.61. The quantitative estimate of drug-likeness (QED) is 0.0443. The van der Waals surface area contributed by atoms with Gasteiger partial charge in [-0.25, -0.2) is 14.9 Å². The van der Waals surface area contributed by atoms with Crippen molar-refractivity contribution < 1.29 is 34.1 Å². The number of guanidine groups is 1. The van der Waals surface area contributed by atoms with Crippen molar-refractivity contribution in [1.82, 2.24) is 26.6 Å². The molecule has 2 unspecified atom stereocenters. The van der Waals surface area contributed by atoms with Gasteiger partial charge >= 0.3 is 6.09 Å². The predicted molar refractivity (Wildman–Crippen MR) is 149 cm³/mol. The average molecular weight is 581 g/mol. The second-order valence-corrected chi connectivity index (χ2v) is 10.0. The van der Waals surface area contributed by atoms with E-state index in [1.165, 1.54) is 6.92 Å². The van der Waals surface area contributed by atoms with E-state index in [0.29, 0.717) is 6.42 Å². The number of amides is 4. The Morgan fingerprint density at radius 1 is 1.05 bits per heavy atom. The van der Waals surface area contributed by atoms with E-state index < -0.39 is 65.1 Å². The summed E-state index contributed by atoms with van der Waals surface area (Å²) in [6.45, 7) is 6.28. The van der Waals surface area contributed by atoms with Crippen LogP contribution in [0.15, 0.2) is 35.4 Å². The number of aliphatic hydroxyl groups is 1. The van der Waals surface area contributed by atoms with Crippen molar-refractivity contribution in [3.8, 4) is 0 Å². The van der Waals surface area contributed by atoms with E-state index in [-0.39, 0.29) is 25.9 Å². The van der Waals surface area contributed by atoms with E-state index in [9.17, 15) is 34.4 Å². The zero-order chi connectivity index (χ0) is 31.0. The molecule has 1 rings (SSSR count). The van der Waals surface area contributed by atoms with Crippen molar-refractivity contribution >= 4 is 29.8 Å². The molecule has 0 saturated heterocycles. The van der Waals surface area contributed by atoms with Gasteiger partial charge in [0, 0.05) is 13.1 Å². The summed E-state index contributed by atoms with van der Waals surface area (Å²) >= 11 is 0. The monoisotopic (exact) mass is 580 g/mol. The van der Waals surface area contributed by atoms with Crippen molar-refractivity contribution in [1.29, 1.82) is 0 Å². The van der Waals surface area contributed by atoms with Crippen molar-refractivity contribution in [2.45, 2.75) is 70.7 Å². The lowest BCUT2D eigenvalue weighted by atomic mass is 10.0. The number of nitrogens with two attached hydrogens (primary N) is 1. The fourth-order valence-corrected chi connectivity index (χ4v) is 3.37. The first kappa shape index (κ1) is 34.6. The van der Waals surface area contributed by atoms with Gasteiger partial charge in [-0.3, -0.25) is 14.4 Å². The number of hydrogen-bond acceptors (Lipinski definition) is 8. The zero-order valence-electron chi connectivity index (χ0n) is 23.6. The van der Waals surface area contributed by atoms with Crippen molar-refractivity contribution in [2.75, 3.05) is 19.6 Å². The molecule has 0 fully saturated rings. The Hall–Kier alpha value is -4.47. The highest BCUT2D eigenvalue weighted by molar-refractivity contribution is 5.90. The van der Waals surface area contributed by atoms with Crippen molar-refractivity contribution in [3.05, 3.63) is 46.0 Å². The predicted octanol–water partition coefficient (Wildman–Crippen LogP) is -0.903. The van der Waals surface area contributed by atoms with Crippen LogP contribution in [0, 0.1) is 10.1 Å². The number of ether oxygens (including phenoxy) is 1. The van der Waals surface area contributed by atoms with E-state index in [2.05, 4.69) is 31.7 Å². The summed E-state index contributed by atoms with van der Waals surface area (Å²) in [4.78, 5) is 59.8. The second-order valence-electron chi connectivity index (χ2n) is 10.0. The molecule has 8 N–H and O–H groups in total. The van der Waals surface area contributed by atoms with Crippen LogP contribution in [0.3, 0.4) is 0 Å². The standard InChI is InChI=1S/C25H40N8O8/c1-16(30-19(34)15-29-24(38)41-25(2,3)4)21(36)31-18(11-8-13-28-23(26)32-33(39)40)20(35)22(37)27-14-12-17-9-6-5-7-10-17/h5-7,9-10,16,18,20,35H,8,11-15H2,1-4H3,(H,27,37)(H,29,38)(H,30,34)(H,31,36)(H3,26,28,32)/t16-,18?,20?/m0/s1. The number of nitrogens with zero attached hydrogens (tertiary/aromatic N) is 2. The molecule has 0 aliphatic rings. The van der Waals surface area contributed by atoms with Crippen LogP contribution in [0.2, 0.25) is 0 Å². The molecule has 0 heterocycles. The highest BCUT2D eigenvalue weighted by Crippen LogP contribution is 2.07. The Bertz CT molecular complexity index is 1060. The van der Waals surface area contributed by atoms with Gasteiger partial charge in [0.2, 0.25) is 11.8 Å². The first-order chi connectivity index (χ1) is 19.2. The number of nitro groups is 1. The minimum absolute atomic E-state index is 0.0681. The smallest absolute Gasteiger partial charge is 0.408 e. The lowest BCUT2D eigenvalue weighted by Crippen LogP contribution is -2.55. The van der Waals surface area contributed by atoms with Gasteiger partial charge in [0.25, 0.3) is 11.9 Å². The molecule has 0 aromatic heterocycles. The summed E-state index contributed by atoms with van der Waals surface area (Å²) in [6.07, 6.45) is -1.62. The topological polar surface area (TPSA) is 239 Å². The second kappa shape index (κ2) is 17.3. The molecular weight excluding hydrogens is 540 g/mol. The highest BCUT2D eigenvalue weighted by atomic mass is 16.7. The molecule has 1 aromatic rings. The minimum atomic E-state index is -1.64. The first-order valence-electron chi connectivity index (χ1n) is 13.0. The molecule has 1 aromatic carbocycles. The normalized spacial score (nSPS) is 13.6. The zero-order valence-corrected chi connectivity index (χ0v) is 23.6. The third-order valence-electron chi connectivity index (χ3n) is 5.28. The van der Waals surface area contributed by atoms with E-state index >= 15 is 0 Å². The molecule has 0 spiro atoms. The van der Waals surface area contributed by atoms with Gasteiger partial charge in [-0.2, -0.15) is 0 Å². The number of alkyl carbamates (subject to hydrolysis) is 1. The number of carbonyl (C=O) groups excluding carboxylic acids is 4. The SMILES string of the molecule is C[C@H](NC(=O)CNC(=O)OC(C)(C)C)C(=O)NC(CCCN/C(N)=N\[N+](=O)[O-])C(O)C(=O)NCCc1ccccc1. The Morgan fingerprint density at radius 2 is 1.71 bits per heavy atom. The lowest BCUT2D eigenvalue weighted by Gasteiger charge is -2.25. The molecule has 16 nitrogen and oxygen atoms in total. The number of hydrogen-bond donors (Lipinski definition) is 7. The van der Waals surface area contributed by atoms with Crippen LogP contribution in [-0.4, -0.2) is 83.3 Å². The number of benzene rings is 1. The Kier molecular flexibility index (Phi) is 14.6. The Balaban J connectivity index is 2.73. The molecule has 0 saturated carbocycles. The molecule has 16 heteroatoms. The van der Waals surface area contributed by atoms with Crippen LogP contribution in [0.4, 0.5) is 4.79 Å². The number of nitrogens with one attached hydrogen (secondary N) is 5. The van der Waals surface area contributed by atoms with Gasteiger partial charge in [0.05, 0.1) is 6.04 Å². The maximum absolute atomic E-state index is 12.8. The van der Waals surface area contributed by atoms with E-state index in [4.69, 9.17) is 10.5 Å². The third-order valence-corrected chi connectivity index (χ3v) is 5.28. The van der Waals surface area contributed by atoms with Crippen LogP contribution >= 0.6 is 0 Å². The molecule has 41 heavy (non-hydrogen) atoms.